The lowest BCUT2D eigenvalue weighted by Crippen LogP contribution is -2.24. The Balaban J connectivity index is 1.75. The number of rotatable bonds is 5. The van der Waals surface area contributed by atoms with Crippen molar-refractivity contribution in [2.75, 3.05) is 6.54 Å². The van der Waals surface area contributed by atoms with Gasteiger partial charge >= 0.3 is 12.1 Å². The van der Waals surface area contributed by atoms with Gasteiger partial charge in [0.15, 0.2) is 0 Å². The van der Waals surface area contributed by atoms with Gasteiger partial charge in [-0.3, -0.25) is 0 Å². The first-order valence-electron chi connectivity index (χ1n) is 7.52. The zero-order chi connectivity index (χ0) is 18.1. The Bertz CT molecular complexity index is 809. The minimum atomic E-state index is -1.22. The van der Waals surface area contributed by atoms with E-state index in [4.69, 9.17) is 9.84 Å². The lowest BCUT2D eigenvalue weighted by Gasteiger charge is -2.05. The molecule has 25 heavy (non-hydrogen) atoms. The van der Waals surface area contributed by atoms with E-state index in [9.17, 15) is 14.0 Å². The molecule has 0 saturated carbocycles. The van der Waals surface area contributed by atoms with Crippen molar-refractivity contribution in [3.05, 3.63) is 71.0 Å². The second-order valence-electron chi connectivity index (χ2n) is 5.07. The van der Waals surface area contributed by atoms with Gasteiger partial charge in [0.05, 0.1) is 5.56 Å². The average Bonchev–Trinajstić information content (AvgIpc) is 2.60. The monoisotopic (exact) mass is 341 g/mol. The van der Waals surface area contributed by atoms with E-state index in [0.29, 0.717) is 6.42 Å². The summed E-state index contributed by atoms with van der Waals surface area (Å²) in [7, 11) is 0. The Hall–Kier alpha value is -3.33. The maximum absolute atomic E-state index is 13.3. The SMILES string of the molecule is O=C(NCCC#Cc1cc(F)cc(C(=O)O)c1)OCc1ccccc1. The van der Waals surface area contributed by atoms with Crippen molar-refractivity contribution < 1.29 is 23.8 Å². The van der Waals surface area contributed by atoms with Crippen molar-refractivity contribution in [3.8, 4) is 11.8 Å². The van der Waals surface area contributed by atoms with Crippen molar-refractivity contribution in [2.45, 2.75) is 13.0 Å². The van der Waals surface area contributed by atoms with E-state index in [-0.39, 0.29) is 24.3 Å². The van der Waals surface area contributed by atoms with Crippen molar-refractivity contribution in [3.63, 3.8) is 0 Å². The van der Waals surface area contributed by atoms with Crippen LogP contribution in [-0.4, -0.2) is 23.7 Å². The van der Waals surface area contributed by atoms with Crippen molar-refractivity contribution in [1.29, 1.82) is 0 Å². The van der Waals surface area contributed by atoms with Crippen molar-refractivity contribution in [1.82, 2.24) is 5.32 Å². The molecule has 0 spiro atoms. The maximum atomic E-state index is 13.3. The number of halogens is 1. The van der Waals surface area contributed by atoms with Crippen LogP contribution in [-0.2, 0) is 11.3 Å². The third kappa shape index (κ3) is 6.36. The minimum Gasteiger partial charge on any atom is -0.478 e. The van der Waals surface area contributed by atoms with E-state index in [1.165, 1.54) is 6.07 Å². The van der Waals surface area contributed by atoms with Crippen LogP contribution in [0.3, 0.4) is 0 Å². The number of carboxylic acid groups (broad SMARTS) is 1. The third-order valence-electron chi connectivity index (χ3n) is 3.11. The minimum absolute atomic E-state index is 0.160. The number of hydrogen-bond acceptors (Lipinski definition) is 3. The Morgan fingerprint density at radius 2 is 1.92 bits per heavy atom. The smallest absolute Gasteiger partial charge is 0.407 e. The molecular weight excluding hydrogens is 325 g/mol. The molecule has 0 aromatic heterocycles. The molecule has 0 aliphatic rings. The van der Waals surface area contributed by atoms with E-state index in [1.807, 2.05) is 30.3 Å². The van der Waals surface area contributed by atoms with Crippen molar-refractivity contribution >= 4 is 12.1 Å². The van der Waals surface area contributed by atoms with Gasteiger partial charge in [0, 0.05) is 18.5 Å². The molecule has 128 valence electrons. The number of hydrogen-bond donors (Lipinski definition) is 2. The number of benzene rings is 2. The Morgan fingerprint density at radius 3 is 2.64 bits per heavy atom. The molecule has 0 atom stereocenters. The summed E-state index contributed by atoms with van der Waals surface area (Å²) in [6.07, 6.45) is -0.233. The molecule has 0 bridgehead atoms. The summed E-state index contributed by atoms with van der Waals surface area (Å²) < 4.78 is 18.3. The number of carbonyl (C=O) groups is 2. The van der Waals surface area contributed by atoms with Crippen LogP contribution >= 0.6 is 0 Å². The quantitative estimate of drug-likeness (QED) is 0.647. The molecule has 2 aromatic carbocycles. The van der Waals surface area contributed by atoms with Crippen LogP contribution in [0.2, 0.25) is 0 Å². The zero-order valence-corrected chi connectivity index (χ0v) is 13.3. The fourth-order valence-corrected chi connectivity index (χ4v) is 1.95. The number of nitrogens with one attached hydrogen (secondary N) is 1. The van der Waals surface area contributed by atoms with Crippen LogP contribution < -0.4 is 5.32 Å². The summed E-state index contributed by atoms with van der Waals surface area (Å²) >= 11 is 0. The second kappa shape index (κ2) is 9.08. The van der Waals surface area contributed by atoms with Gasteiger partial charge in [-0.15, -0.1) is 0 Å². The van der Waals surface area contributed by atoms with Gasteiger partial charge < -0.3 is 15.2 Å². The van der Waals surface area contributed by atoms with E-state index in [2.05, 4.69) is 17.2 Å². The standard InChI is InChI=1S/C19H16FNO4/c20-17-11-15(10-16(12-17)18(22)23)8-4-5-9-21-19(24)25-13-14-6-2-1-3-7-14/h1-3,6-7,10-12H,5,9,13H2,(H,21,24)(H,22,23). The summed E-state index contributed by atoms with van der Waals surface area (Å²) in [5, 5.41) is 11.4. The van der Waals surface area contributed by atoms with Crippen LogP contribution in [0, 0.1) is 17.7 Å². The number of alkyl carbamates (subject to hydrolysis) is 1. The Labute approximate surface area is 144 Å². The van der Waals surface area contributed by atoms with E-state index in [0.717, 1.165) is 17.7 Å². The van der Waals surface area contributed by atoms with Crippen molar-refractivity contribution in [2.24, 2.45) is 0 Å². The van der Waals surface area contributed by atoms with Gasteiger partial charge in [-0.2, -0.15) is 0 Å². The molecule has 0 aliphatic carbocycles. The molecule has 0 aliphatic heterocycles. The predicted octanol–water partition coefficient (Wildman–Crippen LogP) is 3.19. The van der Waals surface area contributed by atoms with E-state index >= 15 is 0 Å². The fourth-order valence-electron chi connectivity index (χ4n) is 1.95. The molecule has 0 heterocycles. The number of aromatic carboxylic acids is 1. The number of carboxylic acids is 1. The third-order valence-corrected chi connectivity index (χ3v) is 3.11. The maximum Gasteiger partial charge on any atom is 0.407 e. The summed E-state index contributed by atoms with van der Waals surface area (Å²) in [6, 6.07) is 12.7. The van der Waals surface area contributed by atoms with Crippen LogP contribution in [0.5, 0.6) is 0 Å². The van der Waals surface area contributed by atoms with Crippen LogP contribution in [0.15, 0.2) is 48.5 Å². The summed E-state index contributed by atoms with van der Waals surface area (Å²) in [5.41, 5.74) is 0.994. The molecular formula is C19H16FNO4. The zero-order valence-electron chi connectivity index (χ0n) is 13.3. The number of carbonyl (C=O) groups excluding carboxylic acids is 1. The topological polar surface area (TPSA) is 75.6 Å². The molecule has 5 nitrogen and oxygen atoms in total. The summed E-state index contributed by atoms with van der Waals surface area (Å²) in [6.45, 7) is 0.446. The Morgan fingerprint density at radius 1 is 1.16 bits per heavy atom. The highest BCUT2D eigenvalue weighted by molar-refractivity contribution is 5.88. The molecule has 0 unspecified atom stereocenters. The van der Waals surface area contributed by atoms with Gasteiger partial charge in [-0.25, -0.2) is 14.0 Å². The molecule has 2 rings (SSSR count). The predicted molar refractivity (Wildman–Crippen MR) is 89.5 cm³/mol. The van der Waals surface area contributed by atoms with Crippen LogP contribution in [0.4, 0.5) is 9.18 Å². The van der Waals surface area contributed by atoms with Gasteiger partial charge in [-0.05, 0) is 23.8 Å². The highest BCUT2D eigenvalue weighted by Crippen LogP contribution is 2.08. The largest absolute Gasteiger partial charge is 0.478 e. The normalized spacial score (nSPS) is 9.64. The molecule has 2 N–H and O–H groups in total. The summed E-state index contributed by atoms with van der Waals surface area (Å²) in [4.78, 5) is 22.4. The van der Waals surface area contributed by atoms with E-state index in [1.54, 1.807) is 0 Å². The van der Waals surface area contributed by atoms with Gasteiger partial charge in [-0.1, -0.05) is 42.2 Å². The average molecular weight is 341 g/mol. The molecule has 0 radical (unpaired) electrons. The molecule has 1 amide bonds. The second-order valence-corrected chi connectivity index (χ2v) is 5.07. The number of ether oxygens (including phenoxy) is 1. The summed E-state index contributed by atoms with van der Waals surface area (Å²) in [5.74, 6) is 3.53. The molecule has 6 heteroatoms. The lowest BCUT2D eigenvalue weighted by molar-refractivity contribution is 0.0696. The van der Waals surface area contributed by atoms with Gasteiger partial charge in [0.2, 0.25) is 0 Å². The van der Waals surface area contributed by atoms with Gasteiger partial charge in [0.1, 0.15) is 12.4 Å². The van der Waals surface area contributed by atoms with Crippen LogP contribution in [0.1, 0.15) is 27.9 Å². The Kier molecular flexibility index (Phi) is 6.55. The first kappa shape index (κ1) is 18.0. The molecule has 0 fully saturated rings. The van der Waals surface area contributed by atoms with E-state index < -0.39 is 17.9 Å². The molecule has 0 saturated heterocycles. The molecule has 2 aromatic rings. The van der Waals surface area contributed by atoms with Gasteiger partial charge in [0.25, 0.3) is 0 Å². The highest BCUT2D eigenvalue weighted by atomic mass is 19.1. The van der Waals surface area contributed by atoms with Crippen LogP contribution in [0.25, 0.3) is 0 Å². The lowest BCUT2D eigenvalue weighted by atomic mass is 10.1. The number of amides is 1. The fraction of sp³-hybridized carbons (Fsp3) is 0.158. The first-order valence-corrected chi connectivity index (χ1v) is 7.52. The highest BCUT2D eigenvalue weighted by Gasteiger charge is 2.05. The first-order chi connectivity index (χ1) is 12.0.